The number of fused-ring (bicyclic) bond motifs is 1. The molecule has 0 aliphatic carbocycles. The summed E-state index contributed by atoms with van der Waals surface area (Å²) in [5.74, 6) is 0. The van der Waals surface area contributed by atoms with Gasteiger partial charge in [-0.05, 0) is 36.3 Å². The number of aromatic nitrogens is 2. The fourth-order valence-electron chi connectivity index (χ4n) is 2.10. The lowest BCUT2D eigenvalue weighted by Gasteiger charge is -2.00. The van der Waals surface area contributed by atoms with E-state index in [2.05, 4.69) is 9.97 Å². The molecule has 0 bridgehead atoms. The maximum atomic E-state index is 12.0. The lowest BCUT2D eigenvalue weighted by molar-refractivity contribution is 1.19. The smallest absolute Gasteiger partial charge is 0.274 e. The molecule has 3 rings (SSSR count). The summed E-state index contributed by atoms with van der Waals surface area (Å²) in [6.45, 7) is 2.04. The molecule has 20 heavy (non-hydrogen) atoms. The van der Waals surface area contributed by atoms with Gasteiger partial charge in [-0.15, -0.1) is 0 Å². The van der Waals surface area contributed by atoms with E-state index in [1.54, 1.807) is 6.08 Å². The molecule has 0 aliphatic heterocycles. The van der Waals surface area contributed by atoms with Crippen LogP contribution >= 0.6 is 0 Å². The number of H-pyrrole nitrogens is 1. The molecule has 0 saturated heterocycles. The van der Waals surface area contributed by atoms with Crippen LogP contribution in [0.5, 0.6) is 0 Å². The highest BCUT2D eigenvalue weighted by molar-refractivity contribution is 5.76. The highest BCUT2D eigenvalue weighted by Crippen LogP contribution is 2.11. The van der Waals surface area contributed by atoms with Gasteiger partial charge in [0.2, 0.25) is 0 Å². The van der Waals surface area contributed by atoms with Crippen molar-refractivity contribution in [2.24, 2.45) is 0 Å². The summed E-state index contributed by atoms with van der Waals surface area (Å²) >= 11 is 0. The Hall–Kier alpha value is -2.68. The molecule has 0 atom stereocenters. The Balaban J connectivity index is 2.05. The zero-order valence-electron chi connectivity index (χ0n) is 11.1. The van der Waals surface area contributed by atoms with Gasteiger partial charge in [0.25, 0.3) is 5.56 Å². The van der Waals surface area contributed by atoms with Crippen LogP contribution in [0, 0.1) is 6.92 Å². The normalized spacial score (nSPS) is 11.2. The third-order valence-electron chi connectivity index (χ3n) is 3.24. The number of benzene rings is 2. The molecule has 0 fully saturated rings. The second-order valence-electron chi connectivity index (χ2n) is 4.66. The first kappa shape index (κ1) is 12.4. The lowest BCUT2D eigenvalue weighted by Crippen LogP contribution is -2.11. The highest BCUT2D eigenvalue weighted by Gasteiger charge is 2.01. The summed E-state index contributed by atoms with van der Waals surface area (Å²) < 4.78 is 0. The molecule has 0 radical (unpaired) electrons. The first-order valence-electron chi connectivity index (χ1n) is 6.47. The van der Waals surface area contributed by atoms with Gasteiger partial charge in [-0.3, -0.25) is 4.79 Å². The van der Waals surface area contributed by atoms with E-state index in [9.17, 15) is 4.79 Å². The number of aryl methyl sites for hydroxylation is 1. The molecule has 1 aromatic heterocycles. The third kappa shape index (κ3) is 2.38. The van der Waals surface area contributed by atoms with Gasteiger partial charge >= 0.3 is 0 Å². The average molecular weight is 262 g/mol. The summed E-state index contributed by atoms with van der Waals surface area (Å²) in [6, 6.07) is 15.5. The van der Waals surface area contributed by atoms with Crippen molar-refractivity contribution in [3.63, 3.8) is 0 Å². The van der Waals surface area contributed by atoms with Gasteiger partial charge in [-0.2, -0.15) is 0 Å². The number of nitrogens with zero attached hydrogens (tertiary/aromatic N) is 1. The monoisotopic (exact) mass is 262 g/mol. The molecule has 2 aromatic carbocycles. The van der Waals surface area contributed by atoms with E-state index >= 15 is 0 Å². The Bertz CT molecular complexity index is 847. The molecule has 3 nitrogen and oxygen atoms in total. The van der Waals surface area contributed by atoms with Crippen LogP contribution in [-0.4, -0.2) is 9.97 Å². The molecular formula is C17H14N2O. The molecule has 0 aliphatic rings. The molecule has 98 valence electrons. The van der Waals surface area contributed by atoms with E-state index in [-0.39, 0.29) is 5.56 Å². The van der Waals surface area contributed by atoms with Crippen LogP contribution in [0.1, 0.15) is 16.8 Å². The number of nitrogens with one attached hydrogen (secondary N) is 1. The van der Waals surface area contributed by atoms with Gasteiger partial charge < -0.3 is 4.98 Å². The molecule has 1 N–H and O–H groups in total. The zero-order chi connectivity index (χ0) is 13.9. The second-order valence-corrected chi connectivity index (χ2v) is 4.66. The van der Waals surface area contributed by atoms with Gasteiger partial charge in [0.1, 0.15) is 5.69 Å². The fourth-order valence-corrected chi connectivity index (χ4v) is 2.10. The average Bonchev–Trinajstić information content (AvgIpc) is 2.46. The minimum Gasteiger partial charge on any atom is -0.319 e. The van der Waals surface area contributed by atoms with Crippen LogP contribution in [0.15, 0.2) is 53.3 Å². The van der Waals surface area contributed by atoms with Crippen molar-refractivity contribution in [3.8, 4) is 0 Å². The number of hydrogen-bond donors (Lipinski definition) is 1. The zero-order valence-corrected chi connectivity index (χ0v) is 11.1. The van der Waals surface area contributed by atoms with Crippen molar-refractivity contribution >= 4 is 23.2 Å². The Morgan fingerprint density at radius 2 is 1.75 bits per heavy atom. The quantitative estimate of drug-likeness (QED) is 0.769. The third-order valence-corrected chi connectivity index (χ3v) is 3.24. The Labute approximate surface area is 116 Å². The minimum atomic E-state index is -0.173. The van der Waals surface area contributed by atoms with Gasteiger partial charge in [0.05, 0.1) is 11.0 Å². The van der Waals surface area contributed by atoms with E-state index in [1.807, 2.05) is 61.5 Å². The summed E-state index contributed by atoms with van der Waals surface area (Å²) in [6.07, 6.45) is 3.68. The Kier molecular flexibility index (Phi) is 3.17. The number of aromatic amines is 1. The SMILES string of the molecule is Cc1ccccc1/C=C/c1nc2ccccc2[nH]c1=O. The molecule has 0 unspecified atom stereocenters. The summed E-state index contributed by atoms with van der Waals surface area (Å²) in [4.78, 5) is 19.2. The Morgan fingerprint density at radius 3 is 2.60 bits per heavy atom. The van der Waals surface area contributed by atoms with E-state index in [0.29, 0.717) is 5.69 Å². The van der Waals surface area contributed by atoms with Crippen LogP contribution in [0.25, 0.3) is 23.2 Å². The summed E-state index contributed by atoms with van der Waals surface area (Å²) in [5, 5.41) is 0. The standard InChI is InChI=1S/C17H14N2O/c1-12-6-2-3-7-13(12)10-11-16-17(20)19-15-9-5-4-8-14(15)18-16/h2-11H,1H3,(H,19,20)/b11-10+. The van der Waals surface area contributed by atoms with E-state index in [4.69, 9.17) is 0 Å². The topological polar surface area (TPSA) is 45.8 Å². The Morgan fingerprint density at radius 1 is 1.00 bits per heavy atom. The van der Waals surface area contributed by atoms with Crippen molar-refractivity contribution in [2.45, 2.75) is 6.92 Å². The summed E-state index contributed by atoms with van der Waals surface area (Å²) in [7, 11) is 0. The number of hydrogen-bond acceptors (Lipinski definition) is 2. The molecule has 0 saturated carbocycles. The molecule has 0 spiro atoms. The van der Waals surface area contributed by atoms with Gasteiger partial charge in [-0.25, -0.2) is 4.98 Å². The van der Waals surface area contributed by atoms with Crippen LogP contribution in [-0.2, 0) is 0 Å². The first-order valence-corrected chi connectivity index (χ1v) is 6.47. The molecule has 0 amide bonds. The first-order chi connectivity index (χ1) is 9.74. The fraction of sp³-hybridized carbons (Fsp3) is 0.0588. The lowest BCUT2D eigenvalue weighted by atomic mass is 10.1. The van der Waals surface area contributed by atoms with Crippen molar-refractivity contribution in [1.82, 2.24) is 9.97 Å². The molecular weight excluding hydrogens is 248 g/mol. The highest BCUT2D eigenvalue weighted by atomic mass is 16.1. The van der Waals surface area contributed by atoms with E-state index in [1.165, 1.54) is 5.56 Å². The van der Waals surface area contributed by atoms with Crippen LogP contribution in [0.3, 0.4) is 0 Å². The maximum absolute atomic E-state index is 12.0. The largest absolute Gasteiger partial charge is 0.319 e. The minimum absolute atomic E-state index is 0.173. The molecule has 1 heterocycles. The van der Waals surface area contributed by atoms with Crippen LogP contribution in [0.4, 0.5) is 0 Å². The maximum Gasteiger partial charge on any atom is 0.274 e. The number of para-hydroxylation sites is 2. The van der Waals surface area contributed by atoms with Gasteiger partial charge in [0.15, 0.2) is 0 Å². The van der Waals surface area contributed by atoms with Crippen molar-refractivity contribution in [3.05, 3.63) is 75.7 Å². The van der Waals surface area contributed by atoms with Gasteiger partial charge in [0, 0.05) is 0 Å². The number of rotatable bonds is 2. The van der Waals surface area contributed by atoms with Crippen molar-refractivity contribution in [1.29, 1.82) is 0 Å². The second kappa shape index (κ2) is 5.13. The van der Waals surface area contributed by atoms with Crippen LogP contribution < -0.4 is 5.56 Å². The predicted molar refractivity (Wildman–Crippen MR) is 82.5 cm³/mol. The predicted octanol–water partition coefficient (Wildman–Crippen LogP) is 3.40. The van der Waals surface area contributed by atoms with E-state index in [0.717, 1.165) is 16.6 Å². The molecule has 3 aromatic rings. The van der Waals surface area contributed by atoms with Crippen molar-refractivity contribution < 1.29 is 0 Å². The molecule has 3 heteroatoms. The van der Waals surface area contributed by atoms with Crippen LogP contribution in [0.2, 0.25) is 0 Å². The van der Waals surface area contributed by atoms with Crippen molar-refractivity contribution in [2.75, 3.05) is 0 Å². The van der Waals surface area contributed by atoms with E-state index < -0.39 is 0 Å². The van der Waals surface area contributed by atoms with Gasteiger partial charge in [-0.1, -0.05) is 42.5 Å². The summed E-state index contributed by atoms with van der Waals surface area (Å²) in [5.41, 5.74) is 4.05.